The highest BCUT2D eigenvalue weighted by molar-refractivity contribution is 5.70. The third-order valence-electron chi connectivity index (χ3n) is 7.48. The van der Waals surface area contributed by atoms with Gasteiger partial charge in [-0.2, -0.15) is 0 Å². The first-order valence-electron chi connectivity index (χ1n) is 11.9. The number of esters is 1. The number of rotatable bonds is 10. The average Bonchev–Trinajstić information content (AvgIpc) is 2.59. The normalized spacial score (nSPS) is 31.1. The molecule has 0 heterocycles. The molecule has 162 valence electrons. The van der Waals surface area contributed by atoms with Gasteiger partial charge in [-0.15, -0.1) is 0 Å². The Morgan fingerprint density at radius 2 is 1.34 bits per heavy atom. The summed E-state index contributed by atoms with van der Waals surface area (Å²) in [6, 6.07) is 0. The lowest BCUT2D eigenvalue weighted by molar-refractivity contribution is -0.150. The molecular formula is C27H42O2. The van der Waals surface area contributed by atoms with Gasteiger partial charge in [-0.1, -0.05) is 28.9 Å². The number of hydrogen-bond donors (Lipinski definition) is 0. The Balaban J connectivity index is 1.34. The molecule has 4 saturated carbocycles. The summed E-state index contributed by atoms with van der Waals surface area (Å²) in [7, 11) is 0. The third kappa shape index (κ3) is 6.86. The van der Waals surface area contributed by atoms with Crippen LogP contribution in [0.4, 0.5) is 0 Å². The Labute approximate surface area is 178 Å². The van der Waals surface area contributed by atoms with E-state index in [9.17, 15) is 4.79 Å². The van der Waals surface area contributed by atoms with Crippen molar-refractivity contribution in [1.82, 2.24) is 0 Å². The Kier molecular flexibility index (Phi) is 7.82. The van der Waals surface area contributed by atoms with Crippen molar-refractivity contribution in [2.24, 2.45) is 23.2 Å². The standard InChI is InChI=1S/C27H42O2/c1-20(2)7-5-8-21(3)9-6-10-22(4)11-12-29-26(28)19-27-16-23-13-24(17-27)15-25(14-23)18-27/h7,9,11,23-25H,5-6,8,10,12-19H2,1-4H3/b21-9+,22-11+. The second-order valence-electron chi connectivity index (χ2n) is 10.7. The molecule has 0 radical (unpaired) electrons. The van der Waals surface area contributed by atoms with Gasteiger partial charge in [-0.05, 0) is 121 Å². The van der Waals surface area contributed by atoms with Crippen LogP contribution in [0.25, 0.3) is 0 Å². The third-order valence-corrected chi connectivity index (χ3v) is 7.48. The first-order chi connectivity index (χ1) is 13.8. The van der Waals surface area contributed by atoms with Gasteiger partial charge in [0.05, 0.1) is 6.42 Å². The van der Waals surface area contributed by atoms with Crippen molar-refractivity contribution in [1.29, 1.82) is 0 Å². The van der Waals surface area contributed by atoms with E-state index in [2.05, 4.69) is 45.9 Å². The van der Waals surface area contributed by atoms with Crippen LogP contribution in [0.15, 0.2) is 34.9 Å². The Morgan fingerprint density at radius 3 is 1.90 bits per heavy atom. The molecule has 0 aromatic rings. The maximum Gasteiger partial charge on any atom is 0.306 e. The monoisotopic (exact) mass is 398 g/mol. The van der Waals surface area contributed by atoms with E-state index in [0.717, 1.165) is 43.4 Å². The van der Waals surface area contributed by atoms with Crippen molar-refractivity contribution in [2.75, 3.05) is 6.61 Å². The molecule has 2 heteroatoms. The molecular weight excluding hydrogens is 356 g/mol. The first-order valence-corrected chi connectivity index (χ1v) is 11.9. The van der Waals surface area contributed by atoms with Crippen LogP contribution in [-0.4, -0.2) is 12.6 Å². The zero-order valence-corrected chi connectivity index (χ0v) is 19.3. The van der Waals surface area contributed by atoms with Crippen LogP contribution in [0.5, 0.6) is 0 Å². The molecule has 0 unspecified atom stereocenters. The summed E-state index contributed by atoms with van der Waals surface area (Å²) >= 11 is 0. The Bertz CT molecular complexity index is 625. The summed E-state index contributed by atoms with van der Waals surface area (Å²) in [4.78, 5) is 12.5. The van der Waals surface area contributed by atoms with E-state index in [1.54, 1.807) is 0 Å². The lowest BCUT2D eigenvalue weighted by Gasteiger charge is -2.56. The van der Waals surface area contributed by atoms with Gasteiger partial charge >= 0.3 is 5.97 Å². The molecule has 2 nitrogen and oxygen atoms in total. The van der Waals surface area contributed by atoms with Crippen LogP contribution >= 0.6 is 0 Å². The van der Waals surface area contributed by atoms with Crippen LogP contribution in [0.1, 0.15) is 98.3 Å². The largest absolute Gasteiger partial charge is 0.461 e. The van der Waals surface area contributed by atoms with Crippen LogP contribution in [0.3, 0.4) is 0 Å². The predicted octanol–water partition coefficient (Wildman–Crippen LogP) is 7.56. The van der Waals surface area contributed by atoms with Gasteiger partial charge < -0.3 is 4.74 Å². The minimum atomic E-state index is 0.0333. The lowest BCUT2D eigenvalue weighted by atomic mass is 9.49. The molecule has 4 aliphatic rings. The summed E-state index contributed by atoms with van der Waals surface area (Å²) in [6.45, 7) is 9.13. The van der Waals surface area contributed by atoms with E-state index in [-0.39, 0.29) is 5.97 Å². The number of hydrogen-bond acceptors (Lipinski definition) is 2. The van der Waals surface area contributed by atoms with E-state index in [0.29, 0.717) is 18.4 Å². The second-order valence-corrected chi connectivity index (χ2v) is 10.7. The topological polar surface area (TPSA) is 26.3 Å². The Hall–Kier alpha value is -1.31. The summed E-state index contributed by atoms with van der Waals surface area (Å²) in [5.74, 6) is 2.73. The zero-order chi connectivity index (χ0) is 20.9. The molecule has 4 bridgehead atoms. The van der Waals surface area contributed by atoms with Crippen LogP contribution < -0.4 is 0 Å². The van der Waals surface area contributed by atoms with Crippen LogP contribution in [0.2, 0.25) is 0 Å². The maximum absolute atomic E-state index is 12.5. The number of allylic oxidation sites excluding steroid dienone is 5. The summed E-state index contributed by atoms with van der Waals surface area (Å²) in [5.41, 5.74) is 4.48. The van der Waals surface area contributed by atoms with Gasteiger partial charge in [0, 0.05) is 0 Å². The molecule has 4 fully saturated rings. The highest BCUT2D eigenvalue weighted by Gasteiger charge is 2.51. The summed E-state index contributed by atoms with van der Waals surface area (Å²) in [6.07, 6.45) is 20.0. The fourth-order valence-corrected chi connectivity index (χ4v) is 6.48. The molecule has 0 aromatic carbocycles. The van der Waals surface area contributed by atoms with Crippen LogP contribution in [0, 0.1) is 23.2 Å². The lowest BCUT2D eigenvalue weighted by Crippen LogP contribution is -2.47. The maximum atomic E-state index is 12.5. The van der Waals surface area contributed by atoms with Crippen molar-refractivity contribution in [3.8, 4) is 0 Å². The van der Waals surface area contributed by atoms with Gasteiger partial charge in [0.2, 0.25) is 0 Å². The summed E-state index contributed by atoms with van der Waals surface area (Å²) < 4.78 is 5.62. The Morgan fingerprint density at radius 1 is 0.828 bits per heavy atom. The minimum absolute atomic E-state index is 0.0333. The fourth-order valence-electron chi connectivity index (χ4n) is 6.48. The number of carbonyl (C=O) groups is 1. The van der Waals surface area contributed by atoms with Crippen LogP contribution in [-0.2, 0) is 9.53 Å². The van der Waals surface area contributed by atoms with E-state index in [1.807, 2.05) is 0 Å². The highest BCUT2D eigenvalue weighted by atomic mass is 16.5. The molecule has 0 atom stereocenters. The van der Waals surface area contributed by atoms with E-state index in [1.165, 1.54) is 55.2 Å². The van der Waals surface area contributed by atoms with Gasteiger partial charge in [-0.3, -0.25) is 4.79 Å². The average molecular weight is 399 g/mol. The summed E-state index contributed by atoms with van der Waals surface area (Å²) in [5, 5.41) is 0. The molecule has 0 spiro atoms. The second kappa shape index (κ2) is 10.1. The van der Waals surface area contributed by atoms with Crippen molar-refractivity contribution in [2.45, 2.75) is 98.3 Å². The van der Waals surface area contributed by atoms with Gasteiger partial charge in [-0.25, -0.2) is 0 Å². The van der Waals surface area contributed by atoms with Crippen molar-refractivity contribution >= 4 is 5.97 Å². The fraction of sp³-hybridized carbons (Fsp3) is 0.741. The zero-order valence-electron chi connectivity index (χ0n) is 19.3. The number of ether oxygens (including phenoxy) is 1. The molecule has 0 aromatic heterocycles. The minimum Gasteiger partial charge on any atom is -0.461 e. The number of carbonyl (C=O) groups excluding carboxylic acids is 1. The highest BCUT2D eigenvalue weighted by Crippen LogP contribution is 2.61. The molecule has 4 aliphatic carbocycles. The van der Waals surface area contributed by atoms with Gasteiger partial charge in [0.15, 0.2) is 0 Å². The molecule has 4 rings (SSSR count). The van der Waals surface area contributed by atoms with Crippen molar-refractivity contribution in [3.63, 3.8) is 0 Å². The quantitative estimate of drug-likeness (QED) is 0.280. The predicted molar refractivity (Wildman–Crippen MR) is 122 cm³/mol. The molecule has 0 saturated heterocycles. The van der Waals surface area contributed by atoms with E-state index >= 15 is 0 Å². The van der Waals surface area contributed by atoms with Gasteiger partial charge in [0.1, 0.15) is 6.61 Å². The SMILES string of the molecule is CC(C)=CCC/C(C)=C/CC/C(C)=C/COC(=O)CC12CC3CC(CC(C3)C1)C2. The van der Waals surface area contributed by atoms with Crippen molar-refractivity contribution < 1.29 is 9.53 Å². The molecule has 0 aliphatic heterocycles. The van der Waals surface area contributed by atoms with Crippen molar-refractivity contribution in [3.05, 3.63) is 34.9 Å². The molecule has 29 heavy (non-hydrogen) atoms. The van der Waals surface area contributed by atoms with E-state index < -0.39 is 0 Å². The van der Waals surface area contributed by atoms with E-state index in [4.69, 9.17) is 4.74 Å². The molecule has 0 N–H and O–H groups in total. The smallest absolute Gasteiger partial charge is 0.306 e. The van der Waals surface area contributed by atoms with Gasteiger partial charge in [0.25, 0.3) is 0 Å². The molecule has 0 amide bonds. The first kappa shape index (κ1) is 22.4.